The molecule has 0 aromatic heterocycles. The fraction of sp³-hybridized carbons (Fsp3) is 0.750. The Morgan fingerprint density at radius 2 is 1.89 bits per heavy atom. The van der Waals surface area contributed by atoms with E-state index in [-0.39, 0.29) is 11.8 Å². The molecule has 1 saturated carbocycles. The number of allylic oxidation sites excluding steroid dienone is 1. The Morgan fingerprint density at radius 3 is 2.47 bits per heavy atom. The fourth-order valence-corrected chi connectivity index (χ4v) is 2.48. The Bertz CT molecular complexity index is 323. The smallest absolute Gasteiger partial charge is 0.303 e. The highest BCUT2D eigenvalue weighted by molar-refractivity contribution is 5.95. The SMILES string of the molecule is CCCCCC(OC(C)=O)C(=O)C=C1CCCCC1. The molecular formula is C16H26O3. The van der Waals surface area contributed by atoms with Crippen LogP contribution in [0, 0.1) is 0 Å². The summed E-state index contributed by atoms with van der Waals surface area (Å²) < 4.78 is 5.17. The minimum absolute atomic E-state index is 0.0248. The summed E-state index contributed by atoms with van der Waals surface area (Å²) in [6.45, 7) is 3.49. The van der Waals surface area contributed by atoms with Crippen LogP contribution in [-0.4, -0.2) is 17.9 Å². The topological polar surface area (TPSA) is 43.4 Å². The van der Waals surface area contributed by atoms with Crippen molar-refractivity contribution >= 4 is 11.8 Å². The molecule has 19 heavy (non-hydrogen) atoms. The highest BCUT2D eigenvalue weighted by Gasteiger charge is 2.20. The van der Waals surface area contributed by atoms with Gasteiger partial charge in [-0.05, 0) is 44.6 Å². The number of carbonyl (C=O) groups is 2. The summed E-state index contributed by atoms with van der Waals surface area (Å²) in [6, 6.07) is 0. The van der Waals surface area contributed by atoms with Crippen LogP contribution in [0.15, 0.2) is 11.6 Å². The van der Waals surface area contributed by atoms with Crippen LogP contribution in [0.3, 0.4) is 0 Å². The maximum Gasteiger partial charge on any atom is 0.303 e. The molecule has 1 unspecified atom stereocenters. The molecule has 3 nitrogen and oxygen atoms in total. The third kappa shape index (κ3) is 6.55. The first-order chi connectivity index (χ1) is 9.13. The number of hydrogen-bond acceptors (Lipinski definition) is 3. The number of unbranched alkanes of at least 4 members (excludes halogenated alkanes) is 2. The third-order valence-corrected chi connectivity index (χ3v) is 3.54. The molecule has 1 rings (SSSR count). The largest absolute Gasteiger partial charge is 0.454 e. The van der Waals surface area contributed by atoms with E-state index in [9.17, 15) is 9.59 Å². The molecule has 1 aliphatic rings. The van der Waals surface area contributed by atoms with E-state index in [0.29, 0.717) is 6.42 Å². The molecule has 0 saturated heterocycles. The standard InChI is InChI=1S/C16H26O3/c1-3-4-6-11-16(19-13(2)17)15(18)12-14-9-7-5-8-10-14/h12,16H,3-11H2,1-2H3. The van der Waals surface area contributed by atoms with Gasteiger partial charge in [-0.1, -0.05) is 31.8 Å². The molecule has 1 aliphatic carbocycles. The summed E-state index contributed by atoms with van der Waals surface area (Å²) in [5.41, 5.74) is 1.23. The molecule has 0 heterocycles. The molecule has 0 amide bonds. The van der Waals surface area contributed by atoms with Gasteiger partial charge in [-0.25, -0.2) is 0 Å². The van der Waals surface area contributed by atoms with E-state index in [1.165, 1.54) is 31.8 Å². The predicted molar refractivity (Wildman–Crippen MR) is 75.9 cm³/mol. The van der Waals surface area contributed by atoms with Crippen molar-refractivity contribution in [2.24, 2.45) is 0 Å². The first-order valence-electron chi connectivity index (χ1n) is 7.54. The monoisotopic (exact) mass is 266 g/mol. The van der Waals surface area contributed by atoms with Crippen LogP contribution in [0.1, 0.15) is 71.6 Å². The maximum absolute atomic E-state index is 12.2. The minimum atomic E-state index is -0.571. The molecular weight excluding hydrogens is 240 g/mol. The highest BCUT2D eigenvalue weighted by Crippen LogP contribution is 2.23. The van der Waals surface area contributed by atoms with Gasteiger partial charge in [0.05, 0.1) is 0 Å². The zero-order valence-electron chi connectivity index (χ0n) is 12.2. The lowest BCUT2D eigenvalue weighted by molar-refractivity contribution is -0.151. The molecule has 0 spiro atoms. The number of esters is 1. The fourth-order valence-electron chi connectivity index (χ4n) is 2.48. The molecule has 0 aliphatic heterocycles. The Hall–Kier alpha value is -1.12. The van der Waals surface area contributed by atoms with Crippen LogP contribution >= 0.6 is 0 Å². The Balaban J connectivity index is 2.56. The van der Waals surface area contributed by atoms with Crippen LogP contribution in [0.2, 0.25) is 0 Å². The molecule has 1 atom stereocenters. The number of ketones is 1. The van der Waals surface area contributed by atoms with Gasteiger partial charge >= 0.3 is 5.97 Å². The number of rotatable bonds is 7. The summed E-state index contributed by atoms with van der Waals surface area (Å²) >= 11 is 0. The molecule has 0 radical (unpaired) electrons. The molecule has 0 aromatic carbocycles. The molecule has 0 N–H and O–H groups in total. The quantitative estimate of drug-likeness (QED) is 0.398. The highest BCUT2D eigenvalue weighted by atomic mass is 16.5. The van der Waals surface area contributed by atoms with Crippen molar-refractivity contribution in [1.82, 2.24) is 0 Å². The van der Waals surface area contributed by atoms with Gasteiger partial charge in [0.2, 0.25) is 0 Å². The van der Waals surface area contributed by atoms with Crippen molar-refractivity contribution in [3.05, 3.63) is 11.6 Å². The second-order valence-corrected chi connectivity index (χ2v) is 5.36. The van der Waals surface area contributed by atoms with Crippen molar-refractivity contribution in [2.75, 3.05) is 0 Å². The molecule has 0 aromatic rings. The van der Waals surface area contributed by atoms with E-state index in [2.05, 4.69) is 6.92 Å². The van der Waals surface area contributed by atoms with Gasteiger partial charge in [0.25, 0.3) is 0 Å². The number of hydrogen-bond donors (Lipinski definition) is 0. The number of carbonyl (C=O) groups excluding carboxylic acids is 2. The van der Waals surface area contributed by atoms with Crippen LogP contribution in [0.25, 0.3) is 0 Å². The Kier molecular flexibility index (Phi) is 7.46. The van der Waals surface area contributed by atoms with E-state index in [1.807, 2.05) is 0 Å². The van der Waals surface area contributed by atoms with Crippen LogP contribution < -0.4 is 0 Å². The first kappa shape index (κ1) is 15.9. The molecule has 0 bridgehead atoms. The number of ether oxygens (including phenoxy) is 1. The van der Waals surface area contributed by atoms with Crippen molar-refractivity contribution < 1.29 is 14.3 Å². The van der Waals surface area contributed by atoms with Gasteiger partial charge in [0, 0.05) is 6.92 Å². The van der Waals surface area contributed by atoms with Gasteiger partial charge < -0.3 is 4.74 Å². The normalized spacial score (nSPS) is 16.8. The molecule has 3 heteroatoms. The van der Waals surface area contributed by atoms with Gasteiger partial charge in [-0.15, -0.1) is 0 Å². The van der Waals surface area contributed by atoms with Gasteiger partial charge in [-0.2, -0.15) is 0 Å². The lowest BCUT2D eigenvalue weighted by atomic mass is 9.93. The summed E-state index contributed by atoms with van der Waals surface area (Å²) in [6.07, 6.45) is 10.6. The van der Waals surface area contributed by atoms with Crippen molar-refractivity contribution in [2.45, 2.75) is 77.7 Å². The van der Waals surface area contributed by atoms with Crippen LogP contribution in [0.4, 0.5) is 0 Å². The van der Waals surface area contributed by atoms with Crippen LogP contribution in [0.5, 0.6) is 0 Å². The summed E-state index contributed by atoms with van der Waals surface area (Å²) in [7, 11) is 0. The molecule has 1 fully saturated rings. The second kappa shape index (κ2) is 8.89. The second-order valence-electron chi connectivity index (χ2n) is 5.36. The first-order valence-corrected chi connectivity index (χ1v) is 7.54. The van der Waals surface area contributed by atoms with Crippen molar-refractivity contribution in [3.8, 4) is 0 Å². The predicted octanol–water partition coefficient (Wildman–Crippen LogP) is 3.96. The van der Waals surface area contributed by atoms with Crippen molar-refractivity contribution in [1.29, 1.82) is 0 Å². The van der Waals surface area contributed by atoms with E-state index >= 15 is 0 Å². The van der Waals surface area contributed by atoms with E-state index in [4.69, 9.17) is 4.74 Å². The third-order valence-electron chi connectivity index (χ3n) is 3.54. The van der Waals surface area contributed by atoms with Gasteiger partial charge in [-0.3, -0.25) is 9.59 Å². The van der Waals surface area contributed by atoms with E-state index < -0.39 is 6.10 Å². The average Bonchev–Trinajstić information content (AvgIpc) is 2.38. The van der Waals surface area contributed by atoms with E-state index in [1.54, 1.807) is 6.08 Å². The summed E-state index contributed by atoms with van der Waals surface area (Å²) in [4.78, 5) is 23.3. The maximum atomic E-state index is 12.2. The van der Waals surface area contributed by atoms with Crippen LogP contribution in [-0.2, 0) is 14.3 Å². The average molecular weight is 266 g/mol. The Morgan fingerprint density at radius 1 is 1.21 bits per heavy atom. The summed E-state index contributed by atoms with van der Waals surface area (Å²) in [5, 5.41) is 0. The zero-order valence-corrected chi connectivity index (χ0v) is 12.2. The van der Waals surface area contributed by atoms with E-state index in [0.717, 1.165) is 32.1 Å². The lowest BCUT2D eigenvalue weighted by Crippen LogP contribution is -2.25. The zero-order chi connectivity index (χ0) is 14.1. The van der Waals surface area contributed by atoms with Gasteiger partial charge in [0.1, 0.15) is 0 Å². The van der Waals surface area contributed by atoms with Gasteiger partial charge in [0.15, 0.2) is 11.9 Å². The minimum Gasteiger partial charge on any atom is -0.454 e. The summed E-state index contributed by atoms with van der Waals surface area (Å²) in [5.74, 6) is -0.389. The Labute approximate surface area is 116 Å². The molecule has 108 valence electrons. The van der Waals surface area contributed by atoms with Crippen molar-refractivity contribution in [3.63, 3.8) is 0 Å². The lowest BCUT2D eigenvalue weighted by Gasteiger charge is -2.17.